The molecular weight excluding hydrogens is 279 g/mol. The molecule has 0 amide bonds. The van der Waals surface area contributed by atoms with Gasteiger partial charge in [-0.1, -0.05) is 30.7 Å². The minimum absolute atomic E-state index is 0.346. The molecule has 0 aliphatic heterocycles. The molecule has 0 spiro atoms. The van der Waals surface area contributed by atoms with Crippen molar-refractivity contribution < 1.29 is 9.13 Å². The van der Waals surface area contributed by atoms with Crippen LogP contribution < -0.4 is 10.1 Å². The molecule has 1 aromatic heterocycles. The third kappa shape index (κ3) is 4.18. The molecular formula is C15H16ClFN2O. The van der Waals surface area contributed by atoms with Crippen molar-refractivity contribution in [1.29, 1.82) is 0 Å². The smallest absolute Gasteiger partial charge is 0.218 e. The average molecular weight is 295 g/mol. The van der Waals surface area contributed by atoms with Crippen LogP contribution in [0.3, 0.4) is 0 Å². The second kappa shape index (κ2) is 7.22. The van der Waals surface area contributed by atoms with Crippen LogP contribution in [0, 0.1) is 5.82 Å². The van der Waals surface area contributed by atoms with Crippen LogP contribution in [0.5, 0.6) is 5.88 Å². The van der Waals surface area contributed by atoms with Crippen molar-refractivity contribution in [3.8, 4) is 5.88 Å². The van der Waals surface area contributed by atoms with E-state index in [1.165, 1.54) is 6.07 Å². The van der Waals surface area contributed by atoms with E-state index in [2.05, 4.69) is 10.3 Å². The van der Waals surface area contributed by atoms with Gasteiger partial charge in [-0.05, 0) is 30.3 Å². The predicted octanol–water partition coefficient (Wildman–Crippen LogP) is 3.56. The zero-order valence-electron chi connectivity index (χ0n) is 11.2. The first-order valence-corrected chi connectivity index (χ1v) is 6.79. The van der Waals surface area contributed by atoms with Gasteiger partial charge in [0.2, 0.25) is 5.88 Å². The minimum atomic E-state index is -0.368. The van der Waals surface area contributed by atoms with Crippen LogP contribution in [0.1, 0.15) is 18.1 Å². The number of rotatable bonds is 6. The Bertz CT molecular complexity index is 578. The minimum Gasteiger partial charge on any atom is -0.473 e. The van der Waals surface area contributed by atoms with E-state index in [4.69, 9.17) is 16.3 Å². The van der Waals surface area contributed by atoms with E-state index >= 15 is 0 Å². The van der Waals surface area contributed by atoms with Crippen molar-refractivity contribution >= 4 is 11.6 Å². The molecule has 0 unspecified atom stereocenters. The number of benzene rings is 1. The Kier molecular flexibility index (Phi) is 5.32. The molecule has 0 radical (unpaired) electrons. The van der Waals surface area contributed by atoms with Crippen molar-refractivity contribution in [2.24, 2.45) is 0 Å². The summed E-state index contributed by atoms with van der Waals surface area (Å²) in [5.41, 5.74) is 1.65. The molecule has 20 heavy (non-hydrogen) atoms. The van der Waals surface area contributed by atoms with Crippen molar-refractivity contribution in [3.63, 3.8) is 0 Å². The molecule has 0 saturated heterocycles. The maximum absolute atomic E-state index is 13.2. The molecule has 5 heteroatoms. The zero-order valence-corrected chi connectivity index (χ0v) is 12.0. The summed E-state index contributed by atoms with van der Waals surface area (Å²) in [5.74, 6) is 0.0698. The maximum atomic E-state index is 13.2. The number of nitrogens with one attached hydrogen (secondary N) is 1. The summed E-state index contributed by atoms with van der Waals surface area (Å²) in [6, 6.07) is 8.84. The molecule has 0 aliphatic rings. The van der Waals surface area contributed by atoms with E-state index in [1.807, 2.05) is 25.1 Å². The van der Waals surface area contributed by atoms with E-state index in [-0.39, 0.29) is 5.82 Å². The number of hydrogen-bond acceptors (Lipinski definition) is 3. The summed E-state index contributed by atoms with van der Waals surface area (Å²) in [6.45, 7) is 3.65. The third-order valence-corrected chi connectivity index (χ3v) is 2.96. The standard InChI is InChI=1S/C15H16ClFN2O/c1-2-18-8-12-7-14(17)9-19-15(12)20-10-11-4-3-5-13(16)6-11/h3-7,9,18H,2,8,10H2,1H3. The number of aromatic nitrogens is 1. The lowest BCUT2D eigenvalue weighted by atomic mass is 10.2. The van der Waals surface area contributed by atoms with E-state index in [1.54, 1.807) is 6.07 Å². The SMILES string of the molecule is CCNCc1cc(F)cnc1OCc1cccc(Cl)c1. The van der Waals surface area contributed by atoms with Gasteiger partial charge >= 0.3 is 0 Å². The molecule has 106 valence electrons. The molecule has 0 saturated carbocycles. The first-order chi connectivity index (χ1) is 9.69. The van der Waals surface area contributed by atoms with Crippen LogP contribution in [-0.4, -0.2) is 11.5 Å². The van der Waals surface area contributed by atoms with Gasteiger partial charge in [-0.2, -0.15) is 0 Å². The maximum Gasteiger partial charge on any atom is 0.218 e. The van der Waals surface area contributed by atoms with Gasteiger partial charge in [-0.3, -0.25) is 0 Å². The predicted molar refractivity (Wildman–Crippen MR) is 77.4 cm³/mol. The fourth-order valence-electron chi connectivity index (χ4n) is 1.76. The van der Waals surface area contributed by atoms with Crippen LogP contribution in [0.15, 0.2) is 36.5 Å². The monoisotopic (exact) mass is 294 g/mol. The molecule has 2 aromatic rings. The van der Waals surface area contributed by atoms with E-state index in [0.29, 0.717) is 29.6 Å². The summed E-state index contributed by atoms with van der Waals surface area (Å²) >= 11 is 5.92. The molecule has 1 N–H and O–H groups in total. The molecule has 0 fully saturated rings. The van der Waals surface area contributed by atoms with Gasteiger partial charge in [0.25, 0.3) is 0 Å². The number of ether oxygens (including phenoxy) is 1. The van der Waals surface area contributed by atoms with Gasteiger partial charge < -0.3 is 10.1 Å². The first kappa shape index (κ1) is 14.8. The highest BCUT2D eigenvalue weighted by atomic mass is 35.5. The Balaban J connectivity index is 2.08. The van der Waals surface area contributed by atoms with E-state index in [0.717, 1.165) is 18.3 Å². The molecule has 0 aliphatic carbocycles. The highest BCUT2D eigenvalue weighted by Gasteiger charge is 2.07. The Morgan fingerprint density at radius 3 is 2.95 bits per heavy atom. The van der Waals surface area contributed by atoms with Gasteiger partial charge in [0.05, 0.1) is 6.20 Å². The topological polar surface area (TPSA) is 34.2 Å². The van der Waals surface area contributed by atoms with Crippen molar-refractivity contribution in [1.82, 2.24) is 10.3 Å². The van der Waals surface area contributed by atoms with Gasteiger partial charge in [0.1, 0.15) is 12.4 Å². The lowest BCUT2D eigenvalue weighted by Crippen LogP contribution is -2.13. The van der Waals surface area contributed by atoms with Crippen LogP contribution in [0.25, 0.3) is 0 Å². The van der Waals surface area contributed by atoms with Gasteiger partial charge in [-0.25, -0.2) is 9.37 Å². The Morgan fingerprint density at radius 2 is 2.20 bits per heavy atom. The lowest BCUT2D eigenvalue weighted by molar-refractivity contribution is 0.288. The lowest BCUT2D eigenvalue weighted by Gasteiger charge is -2.11. The molecule has 0 atom stereocenters. The Hall–Kier alpha value is -1.65. The second-order valence-electron chi connectivity index (χ2n) is 4.32. The highest BCUT2D eigenvalue weighted by Crippen LogP contribution is 2.18. The first-order valence-electron chi connectivity index (χ1n) is 6.41. The third-order valence-electron chi connectivity index (χ3n) is 2.72. The average Bonchev–Trinajstić information content (AvgIpc) is 2.44. The quantitative estimate of drug-likeness (QED) is 0.884. The van der Waals surface area contributed by atoms with Crippen molar-refractivity contribution in [2.45, 2.75) is 20.1 Å². The summed E-state index contributed by atoms with van der Waals surface area (Å²) in [5, 5.41) is 3.79. The number of hydrogen-bond donors (Lipinski definition) is 1. The molecule has 0 bridgehead atoms. The van der Waals surface area contributed by atoms with Crippen LogP contribution in [0.2, 0.25) is 5.02 Å². The second-order valence-corrected chi connectivity index (χ2v) is 4.75. The van der Waals surface area contributed by atoms with Crippen LogP contribution in [0.4, 0.5) is 4.39 Å². The van der Waals surface area contributed by atoms with Crippen LogP contribution in [-0.2, 0) is 13.2 Å². The number of halogens is 2. The highest BCUT2D eigenvalue weighted by molar-refractivity contribution is 6.30. The largest absolute Gasteiger partial charge is 0.473 e. The van der Waals surface area contributed by atoms with Gasteiger partial charge in [0.15, 0.2) is 0 Å². The zero-order chi connectivity index (χ0) is 14.4. The summed E-state index contributed by atoms with van der Waals surface area (Å²) in [6.07, 6.45) is 1.16. The van der Waals surface area contributed by atoms with Crippen molar-refractivity contribution in [2.75, 3.05) is 6.54 Å². The van der Waals surface area contributed by atoms with Gasteiger partial charge in [0, 0.05) is 17.1 Å². The summed E-state index contributed by atoms with van der Waals surface area (Å²) in [4.78, 5) is 4.00. The van der Waals surface area contributed by atoms with E-state index < -0.39 is 0 Å². The molecule has 1 aromatic carbocycles. The Morgan fingerprint density at radius 1 is 1.35 bits per heavy atom. The normalized spacial score (nSPS) is 10.6. The summed E-state index contributed by atoms with van der Waals surface area (Å²) in [7, 11) is 0. The molecule has 3 nitrogen and oxygen atoms in total. The Labute approximate surface area is 122 Å². The fraction of sp³-hybridized carbons (Fsp3) is 0.267. The summed E-state index contributed by atoms with van der Waals surface area (Å²) < 4.78 is 18.9. The molecule has 1 heterocycles. The fourth-order valence-corrected chi connectivity index (χ4v) is 1.98. The van der Waals surface area contributed by atoms with Crippen molar-refractivity contribution in [3.05, 3.63) is 58.5 Å². The van der Waals surface area contributed by atoms with Crippen LogP contribution >= 0.6 is 11.6 Å². The number of nitrogens with zero attached hydrogens (tertiary/aromatic N) is 1. The van der Waals surface area contributed by atoms with E-state index in [9.17, 15) is 4.39 Å². The molecule has 2 rings (SSSR count). The number of pyridine rings is 1. The van der Waals surface area contributed by atoms with Gasteiger partial charge in [-0.15, -0.1) is 0 Å².